The summed E-state index contributed by atoms with van der Waals surface area (Å²) in [7, 11) is 0. The van der Waals surface area contributed by atoms with E-state index in [-0.39, 0.29) is 11.9 Å². The Morgan fingerprint density at radius 2 is 1.85 bits per heavy atom. The van der Waals surface area contributed by atoms with Gasteiger partial charge < -0.3 is 29.7 Å². The number of aromatic nitrogens is 2. The highest BCUT2D eigenvalue weighted by Gasteiger charge is 2.30. The SMILES string of the molecule is CCOC(=O)C1CCCN(c2ncnc(N3CCN(Cc4ccc5c(c4)OCO5)CC3)c2N)C1. The molecule has 1 unspecified atom stereocenters. The molecule has 0 spiro atoms. The van der Waals surface area contributed by atoms with E-state index in [0.29, 0.717) is 31.4 Å². The van der Waals surface area contributed by atoms with E-state index in [2.05, 4.69) is 36.8 Å². The number of hydrogen-bond acceptors (Lipinski definition) is 10. The summed E-state index contributed by atoms with van der Waals surface area (Å²) in [5.74, 6) is 2.82. The maximum Gasteiger partial charge on any atom is 0.310 e. The number of esters is 1. The van der Waals surface area contributed by atoms with Gasteiger partial charge in [0, 0.05) is 45.8 Å². The van der Waals surface area contributed by atoms with Crippen molar-refractivity contribution in [3.8, 4) is 11.5 Å². The van der Waals surface area contributed by atoms with Crippen molar-refractivity contribution in [2.45, 2.75) is 26.3 Å². The summed E-state index contributed by atoms with van der Waals surface area (Å²) in [6.45, 7) is 8.25. The van der Waals surface area contributed by atoms with Crippen LogP contribution in [0.15, 0.2) is 24.5 Å². The fourth-order valence-electron chi connectivity index (χ4n) is 4.92. The van der Waals surface area contributed by atoms with Gasteiger partial charge in [-0.25, -0.2) is 9.97 Å². The molecule has 5 rings (SSSR count). The number of carbonyl (C=O) groups is 1. The summed E-state index contributed by atoms with van der Waals surface area (Å²) in [5, 5.41) is 0. The van der Waals surface area contributed by atoms with Crippen molar-refractivity contribution in [1.82, 2.24) is 14.9 Å². The number of nitrogen functional groups attached to an aromatic ring is 1. The Kier molecular flexibility index (Phi) is 6.57. The Morgan fingerprint density at radius 1 is 1.09 bits per heavy atom. The second-order valence-electron chi connectivity index (χ2n) is 8.92. The van der Waals surface area contributed by atoms with Crippen molar-refractivity contribution in [3.05, 3.63) is 30.1 Å². The van der Waals surface area contributed by atoms with E-state index in [4.69, 9.17) is 19.9 Å². The van der Waals surface area contributed by atoms with Crippen molar-refractivity contribution in [3.63, 3.8) is 0 Å². The van der Waals surface area contributed by atoms with Crippen LogP contribution in [-0.2, 0) is 16.1 Å². The van der Waals surface area contributed by atoms with Gasteiger partial charge in [0.2, 0.25) is 6.79 Å². The molecule has 182 valence electrons. The lowest BCUT2D eigenvalue weighted by molar-refractivity contribution is -0.148. The predicted octanol–water partition coefficient (Wildman–Crippen LogP) is 1.89. The van der Waals surface area contributed by atoms with E-state index in [1.165, 1.54) is 5.56 Å². The molecule has 1 atom stereocenters. The molecule has 0 aliphatic carbocycles. The number of piperazine rings is 1. The first kappa shape index (κ1) is 22.5. The van der Waals surface area contributed by atoms with E-state index < -0.39 is 0 Å². The fourth-order valence-corrected chi connectivity index (χ4v) is 4.92. The second-order valence-corrected chi connectivity index (χ2v) is 8.92. The van der Waals surface area contributed by atoms with Crippen LogP contribution >= 0.6 is 0 Å². The molecule has 2 aromatic rings. The van der Waals surface area contributed by atoms with Crippen LogP contribution < -0.4 is 25.0 Å². The fraction of sp³-hybridized carbons (Fsp3) is 0.542. The van der Waals surface area contributed by atoms with Crippen molar-refractivity contribution < 1.29 is 19.0 Å². The highest BCUT2D eigenvalue weighted by atomic mass is 16.7. The van der Waals surface area contributed by atoms with E-state index in [1.54, 1.807) is 6.33 Å². The molecule has 2 fully saturated rings. The Balaban J connectivity index is 1.21. The Labute approximate surface area is 199 Å². The Morgan fingerprint density at radius 3 is 2.65 bits per heavy atom. The highest BCUT2D eigenvalue weighted by molar-refractivity contribution is 5.78. The minimum Gasteiger partial charge on any atom is -0.466 e. The lowest BCUT2D eigenvalue weighted by Gasteiger charge is -2.37. The highest BCUT2D eigenvalue weighted by Crippen LogP contribution is 2.34. The summed E-state index contributed by atoms with van der Waals surface area (Å²) >= 11 is 0. The molecule has 2 N–H and O–H groups in total. The predicted molar refractivity (Wildman–Crippen MR) is 128 cm³/mol. The molecule has 2 saturated heterocycles. The van der Waals surface area contributed by atoms with Crippen LogP contribution in [0.25, 0.3) is 0 Å². The van der Waals surface area contributed by atoms with Crippen LogP contribution in [-0.4, -0.2) is 73.5 Å². The molecule has 4 heterocycles. The van der Waals surface area contributed by atoms with E-state index in [1.807, 2.05) is 13.0 Å². The Hall–Kier alpha value is -3.27. The molecule has 1 aromatic heterocycles. The van der Waals surface area contributed by atoms with E-state index in [9.17, 15) is 4.79 Å². The minimum absolute atomic E-state index is 0.140. The van der Waals surface area contributed by atoms with Gasteiger partial charge in [-0.3, -0.25) is 9.69 Å². The zero-order chi connectivity index (χ0) is 23.5. The molecule has 1 aromatic carbocycles. The number of fused-ring (bicyclic) bond motifs is 1. The average Bonchev–Trinajstić information content (AvgIpc) is 3.33. The van der Waals surface area contributed by atoms with Gasteiger partial charge >= 0.3 is 5.97 Å². The maximum absolute atomic E-state index is 12.3. The molecule has 0 bridgehead atoms. The number of rotatable bonds is 6. The summed E-state index contributed by atoms with van der Waals surface area (Å²) in [6, 6.07) is 6.13. The molecule has 0 saturated carbocycles. The summed E-state index contributed by atoms with van der Waals surface area (Å²) in [6.07, 6.45) is 3.31. The van der Waals surface area contributed by atoms with Crippen LogP contribution in [0.3, 0.4) is 0 Å². The van der Waals surface area contributed by atoms with Gasteiger partial charge in [-0.15, -0.1) is 0 Å². The Bertz CT molecular complexity index is 1030. The lowest BCUT2D eigenvalue weighted by Crippen LogP contribution is -2.46. The van der Waals surface area contributed by atoms with Gasteiger partial charge in [-0.2, -0.15) is 0 Å². The number of hydrogen-bond donors (Lipinski definition) is 1. The topological polar surface area (TPSA) is 106 Å². The first-order valence-corrected chi connectivity index (χ1v) is 12.0. The molecular formula is C24H32N6O4. The summed E-state index contributed by atoms with van der Waals surface area (Å²) in [4.78, 5) is 28.0. The number of carbonyl (C=O) groups excluding carboxylic acids is 1. The molecule has 0 radical (unpaired) electrons. The second kappa shape index (κ2) is 9.92. The van der Waals surface area contributed by atoms with Crippen LogP contribution in [0.4, 0.5) is 17.3 Å². The smallest absolute Gasteiger partial charge is 0.310 e. The van der Waals surface area contributed by atoms with Crippen LogP contribution in [0, 0.1) is 5.92 Å². The van der Waals surface area contributed by atoms with Gasteiger partial charge in [-0.05, 0) is 37.5 Å². The molecule has 10 heteroatoms. The third kappa shape index (κ3) is 4.68. The number of nitrogens with two attached hydrogens (primary N) is 1. The molecule has 3 aliphatic heterocycles. The largest absolute Gasteiger partial charge is 0.466 e. The third-order valence-corrected chi connectivity index (χ3v) is 6.70. The number of piperidine rings is 1. The zero-order valence-electron chi connectivity index (χ0n) is 19.6. The van der Waals surface area contributed by atoms with Crippen molar-refractivity contribution in [1.29, 1.82) is 0 Å². The first-order chi connectivity index (χ1) is 16.6. The van der Waals surface area contributed by atoms with Gasteiger partial charge in [0.25, 0.3) is 0 Å². The van der Waals surface area contributed by atoms with Crippen molar-refractivity contribution in [2.24, 2.45) is 5.92 Å². The van der Waals surface area contributed by atoms with Gasteiger partial charge in [-0.1, -0.05) is 6.07 Å². The summed E-state index contributed by atoms with van der Waals surface area (Å²) in [5.41, 5.74) is 8.36. The van der Waals surface area contributed by atoms with Crippen LogP contribution in [0.2, 0.25) is 0 Å². The van der Waals surface area contributed by atoms with Crippen molar-refractivity contribution in [2.75, 3.05) is 68.2 Å². The van der Waals surface area contributed by atoms with Crippen LogP contribution in [0.1, 0.15) is 25.3 Å². The third-order valence-electron chi connectivity index (χ3n) is 6.70. The molecule has 3 aliphatic rings. The number of ether oxygens (including phenoxy) is 3. The van der Waals surface area contributed by atoms with Crippen LogP contribution in [0.5, 0.6) is 11.5 Å². The van der Waals surface area contributed by atoms with Gasteiger partial charge in [0.1, 0.15) is 12.0 Å². The van der Waals surface area contributed by atoms with Crippen molar-refractivity contribution >= 4 is 23.3 Å². The number of anilines is 3. The lowest BCUT2D eigenvalue weighted by atomic mass is 9.98. The summed E-state index contributed by atoms with van der Waals surface area (Å²) < 4.78 is 16.1. The average molecular weight is 469 g/mol. The molecule has 10 nitrogen and oxygen atoms in total. The first-order valence-electron chi connectivity index (χ1n) is 12.0. The maximum atomic E-state index is 12.3. The zero-order valence-corrected chi connectivity index (χ0v) is 19.6. The molecule has 0 amide bonds. The van der Waals surface area contributed by atoms with Gasteiger partial charge in [0.05, 0.1) is 12.5 Å². The molecule has 34 heavy (non-hydrogen) atoms. The normalized spacial score (nSPS) is 20.4. The standard InChI is InChI=1S/C24H32N6O4/c1-2-32-24(31)18-4-3-7-30(14-18)23-21(25)22(26-15-27-23)29-10-8-28(9-11-29)13-17-5-6-19-20(12-17)34-16-33-19/h5-6,12,15,18H,2-4,7-11,13-14,16,25H2,1H3. The minimum atomic E-state index is -0.147. The van der Waals surface area contributed by atoms with E-state index in [0.717, 1.165) is 69.4 Å². The number of nitrogens with zero attached hydrogens (tertiary/aromatic N) is 5. The van der Waals surface area contributed by atoms with Gasteiger partial charge in [0.15, 0.2) is 23.1 Å². The quantitative estimate of drug-likeness (QED) is 0.632. The monoisotopic (exact) mass is 468 g/mol. The molecular weight excluding hydrogens is 436 g/mol. The number of benzene rings is 1. The van der Waals surface area contributed by atoms with E-state index >= 15 is 0 Å².